The van der Waals surface area contributed by atoms with Crippen LogP contribution >= 0.6 is 11.6 Å². The van der Waals surface area contributed by atoms with Gasteiger partial charge in [-0.25, -0.2) is 9.69 Å². The molecule has 34 heavy (non-hydrogen) atoms. The highest BCUT2D eigenvalue weighted by atomic mass is 35.5. The van der Waals surface area contributed by atoms with Crippen molar-refractivity contribution in [3.63, 3.8) is 0 Å². The Balaban J connectivity index is 1.42. The molecule has 0 spiro atoms. The molecular formula is C25H19ClN2O6. The highest BCUT2D eigenvalue weighted by molar-refractivity contribution is 6.34. The lowest BCUT2D eigenvalue weighted by atomic mass is 10.1. The van der Waals surface area contributed by atoms with Crippen LogP contribution in [0, 0.1) is 0 Å². The number of nitrogens with zero attached hydrogens (tertiary/aromatic N) is 1. The summed E-state index contributed by atoms with van der Waals surface area (Å²) in [6.45, 7) is 1.43. The molecular weight excluding hydrogens is 460 g/mol. The molecule has 0 fully saturated rings. The van der Waals surface area contributed by atoms with Crippen molar-refractivity contribution in [3.05, 3.63) is 88.4 Å². The van der Waals surface area contributed by atoms with Gasteiger partial charge >= 0.3 is 5.97 Å². The predicted molar refractivity (Wildman–Crippen MR) is 126 cm³/mol. The molecule has 1 aliphatic rings. The fourth-order valence-electron chi connectivity index (χ4n) is 3.46. The Morgan fingerprint density at radius 1 is 0.941 bits per heavy atom. The first-order valence-corrected chi connectivity index (χ1v) is 10.6. The lowest BCUT2D eigenvalue weighted by molar-refractivity contribution is -0.123. The lowest BCUT2D eigenvalue weighted by Gasteiger charge is -2.16. The Morgan fingerprint density at radius 2 is 1.56 bits per heavy atom. The number of ether oxygens (including phenoxy) is 2. The van der Waals surface area contributed by atoms with Crippen LogP contribution in [0.4, 0.5) is 11.4 Å². The van der Waals surface area contributed by atoms with E-state index >= 15 is 0 Å². The lowest BCUT2D eigenvalue weighted by Crippen LogP contribution is -2.30. The van der Waals surface area contributed by atoms with E-state index in [1.54, 1.807) is 36.4 Å². The molecule has 172 valence electrons. The molecule has 0 saturated heterocycles. The molecule has 1 N–H and O–H groups in total. The van der Waals surface area contributed by atoms with Crippen LogP contribution in [-0.4, -0.2) is 36.9 Å². The summed E-state index contributed by atoms with van der Waals surface area (Å²) in [5, 5.41) is 3.02. The minimum atomic E-state index is -1.12. The topological polar surface area (TPSA) is 102 Å². The first kappa shape index (κ1) is 23.0. The van der Waals surface area contributed by atoms with Gasteiger partial charge in [0.2, 0.25) is 0 Å². The van der Waals surface area contributed by atoms with Crippen molar-refractivity contribution >= 4 is 46.7 Å². The molecule has 3 aromatic rings. The Labute approximate surface area is 200 Å². The van der Waals surface area contributed by atoms with Gasteiger partial charge in [0.05, 0.1) is 35.2 Å². The molecule has 0 aliphatic carbocycles. The zero-order valence-electron chi connectivity index (χ0n) is 18.2. The molecule has 9 heteroatoms. The summed E-state index contributed by atoms with van der Waals surface area (Å²) in [6, 6.07) is 17.1. The number of esters is 1. The van der Waals surface area contributed by atoms with Crippen molar-refractivity contribution in [2.45, 2.75) is 13.0 Å². The van der Waals surface area contributed by atoms with E-state index in [2.05, 4.69) is 5.32 Å². The number of benzene rings is 3. The molecule has 0 bridgehead atoms. The van der Waals surface area contributed by atoms with Gasteiger partial charge < -0.3 is 14.8 Å². The summed E-state index contributed by atoms with van der Waals surface area (Å²) < 4.78 is 10.4. The van der Waals surface area contributed by atoms with Crippen LogP contribution in [0.25, 0.3) is 0 Å². The van der Waals surface area contributed by atoms with Gasteiger partial charge in [-0.15, -0.1) is 0 Å². The maximum atomic E-state index is 12.6. The fourth-order valence-corrected chi connectivity index (χ4v) is 3.64. The monoisotopic (exact) mass is 478 g/mol. The summed E-state index contributed by atoms with van der Waals surface area (Å²) in [6.07, 6.45) is -1.12. The maximum absolute atomic E-state index is 12.6. The number of hydrogen-bond donors (Lipinski definition) is 1. The number of amides is 3. The third-order valence-electron chi connectivity index (χ3n) is 5.23. The Bertz CT molecular complexity index is 1270. The molecule has 8 nitrogen and oxygen atoms in total. The van der Waals surface area contributed by atoms with Crippen molar-refractivity contribution in [1.82, 2.24) is 0 Å². The number of hydrogen-bond acceptors (Lipinski definition) is 6. The summed E-state index contributed by atoms with van der Waals surface area (Å²) in [5.74, 6) is -1.78. The first-order chi connectivity index (χ1) is 16.3. The average Bonchev–Trinajstić information content (AvgIpc) is 3.09. The van der Waals surface area contributed by atoms with E-state index < -0.39 is 29.8 Å². The van der Waals surface area contributed by atoms with Crippen LogP contribution in [-0.2, 0) is 9.53 Å². The summed E-state index contributed by atoms with van der Waals surface area (Å²) >= 11 is 5.97. The van der Waals surface area contributed by atoms with E-state index in [1.165, 1.54) is 44.4 Å². The van der Waals surface area contributed by atoms with Gasteiger partial charge in [0.25, 0.3) is 17.7 Å². The number of imide groups is 1. The minimum absolute atomic E-state index is 0.153. The number of carbonyl (C=O) groups is 4. The number of rotatable bonds is 6. The van der Waals surface area contributed by atoms with Crippen molar-refractivity contribution in [2.24, 2.45) is 0 Å². The second kappa shape index (κ2) is 9.36. The molecule has 0 saturated carbocycles. The van der Waals surface area contributed by atoms with Crippen LogP contribution in [0.15, 0.2) is 66.7 Å². The van der Waals surface area contributed by atoms with Gasteiger partial charge in [-0.2, -0.15) is 0 Å². The highest BCUT2D eigenvalue weighted by Gasteiger charge is 2.36. The van der Waals surface area contributed by atoms with Crippen LogP contribution in [0.1, 0.15) is 38.0 Å². The quantitative estimate of drug-likeness (QED) is 0.418. The van der Waals surface area contributed by atoms with E-state index in [0.29, 0.717) is 33.3 Å². The molecule has 1 atom stereocenters. The predicted octanol–water partition coefficient (Wildman–Crippen LogP) is 4.33. The molecule has 1 aliphatic heterocycles. The SMILES string of the molecule is COc1ccc(Cl)cc1NC(=O)C(C)OC(=O)c1ccc(N2C(=O)c3ccccc3C2=O)cc1. The third kappa shape index (κ3) is 4.35. The average molecular weight is 479 g/mol. The minimum Gasteiger partial charge on any atom is -0.495 e. The summed E-state index contributed by atoms with van der Waals surface area (Å²) in [7, 11) is 1.45. The second-order valence-electron chi connectivity index (χ2n) is 7.42. The third-order valence-corrected chi connectivity index (χ3v) is 5.46. The van der Waals surface area contributed by atoms with Gasteiger partial charge in [0.1, 0.15) is 5.75 Å². The van der Waals surface area contributed by atoms with E-state index in [9.17, 15) is 19.2 Å². The number of methoxy groups -OCH3 is 1. The van der Waals surface area contributed by atoms with Crippen LogP contribution in [0.5, 0.6) is 5.75 Å². The standard InChI is InChI=1S/C25H19ClN2O6/c1-14(22(29)27-20-13-16(26)9-12-21(20)33-2)34-25(32)15-7-10-17(11-8-15)28-23(30)18-5-3-4-6-19(18)24(28)31/h3-14H,1-2H3,(H,27,29). The highest BCUT2D eigenvalue weighted by Crippen LogP contribution is 2.29. The van der Waals surface area contributed by atoms with Gasteiger partial charge in [-0.1, -0.05) is 23.7 Å². The summed E-state index contributed by atoms with van der Waals surface area (Å²) in [4.78, 5) is 51.3. The smallest absolute Gasteiger partial charge is 0.338 e. The Kier molecular flexibility index (Phi) is 6.34. The van der Waals surface area contributed by atoms with Gasteiger partial charge in [-0.3, -0.25) is 14.4 Å². The number of halogens is 1. The molecule has 3 aromatic carbocycles. The number of anilines is 2. The molecule has 0 radical (unpaired) electrons. The molecule has 3 amide bonds. The number of fused-ring (bicyclic) bond motifs is 1. The zero-order chi connectivity index (χ0) is 24.4. The fraction of sp³-hybridized carbons (Fsp3) is 0.120. The number of carbonyl (C=O) groups excluding carboxylic acids is 4. The van der Waals surface area contributed by atoms with E-state index in [-0.39, 0.29) is 5.56 Å². The van der Waals surface area contributed by atoms with E-state index in [1.807, 2.05) is 0 Å². The van der Waals surface area contributed by atoms with Crippen molar-refractivity contribution < 1.29 is 28.7 Å². The Morgan fingerprint density at radius 3 is 2.15 bits per heavy atom. The van der Waals surface area contributed by atoms with Crippen LogP contribution in [0.3, 0.4) is 0 Å². The van der Waals surface area contributed by atoms with Gasteiger partial charge in [-0.05, 0) is 61.5 Å². The number of nitrogens with one attached hydrogen (secondary N) is 1. The second-order valence-corrected chi connectivity index (χ2v) is 7.86. The maximum Gasteiger partial charge on any atom is 0.338 e. The normalized spacial score (nSPS) is 13.3. The Hall–Kier alpha value is -4.17. The van der Waals surface area contributed by atoms with Crippen LogP contribution in [0.2, 0.25) is 5.02 Å². The molecule has 4 rings (SSSR count). The van der Waals surface area contributed by atoms with Crippen LogP contribution < -0.4 is 15.0 Å². The van der Waals surface area contributed by atoms with E-state index in [0.717, 1.165) is 4.90 Å². The molecule has 1 heterocycles. The largest absolute Gasteiger partial charge is 0.495 e. The van der Waals surface area contributed by atoms with Crippen molar-refractivity contribution in [1.29, 1.82) is 0 Å². The first-order valence-electron chi connectivity index (χ1n) is 10.2. The summed E-state index contributed by atoms with van der Waals surface area (Å²) in [5.41, 5.74) is 1.47. The van der Waals surface area contributed by atoms with Gasteiger partial charge in [0, 0.05) is 5.02 Å². The zero-order valence-corrected chi connectivity index (χ0v) is 19.0. The van der Waals surface area contributed by atoms with Gasteiger partial charge in [0.15, 0.2) is 6.10 Å². The van der Waals surface area contributed by atoms with Crippen molar-refractivity contribution in [2.75, 3.05) is 17.3 Å². The molecule has 1 unspecified atom stereocenters. The molecule has 0 aromatic heterocycles. The van der Waals surface area contributed by atoms with Crippen molar-refractivity contribution in [3.8, 4) is 5.75 Å². The van der Waals surface area contributed by atoms with E-state index in [4.69, 9.17) is 21.1 Å².